The number of urea groups is 1. The van der Waals surface area contributed by atoms with Crippen LogP contribution in [0.5, 0.6) is 11.5 Å². The number of rotatable bonds is 11. The van der Waals surface area contributed by atoms with E-state index in [1.165, 1.54) is 24.4 Å². The number of carbonyl (C=O) groups is 1. The van der Waals surface area contributed by atoms with E-state index in [0.29, 0.717) is 52.1 Å². The minimum atomic E-state index is -0.557. The van der Waals surface area contributed by atoms with Crippen molar-refractivity contribution in [3.05, 3.63) is 83.2 Å². The second-order valence-electron chi connectivity index (χ2n) is 10.5. The van der Waals surface area contributed by atoms with Crippen LogP contribution in [0.1, 0.15) is 43.9 Å². The number of hydrogen-bond acceptors (Lipinski definition) is 7. The molecule has 0 heterocycles. The maximum atomic E-state index is 14.2. The summed E-state index contributed by atoms with van der Waals surface area (Å²) in [5.41, 5.74) is 3.36. The number of amidine groups is 1. The smallest absolute Gasteiger partial charge is 0.320 e. The van der Waals surface area contributed by atoms with Crippen LogP contribution < -0.4 is 20.7 Å². The minimum absolute atomic E-state index is 0.0407. The van der Waals surface area contributed by atoms with Crippen LogP contribution in [0.2, 0.25) is 0 Å². The van der Waals surface area contributed by atoms with Gasteiger partial charge in [-0.1, -0.05) is 38.5 Å². The standard InChI is InChI=1S/C31H37FN6O3/c1-20-5-8-24(9-6-20)37-29(17-28(34)31(2,3)4)38-30(40)36-19-22-15-23(32)7-12-27(22)41-25-10-11-26(35-13-14-39)21(16-25)18-33/h5-12,15-16,18,33-35,39H,13-14,17,19H2,1-4H3,(H2,36,37,38,40). The molecule has 0 spiro atoms. The van der Waals surface area contributed by atoms with Gasteiger partial charge in [-0.25, -0.2) is 14.2 Å². The number of amides is 2. The lowest BCUT2D eigenvalue weighted by molar-refractivity contribution is 0.244. The van der Waals surface area contributed by atoms with Crippen molar-refractivity contribution in [1.29, 1.82) is 10.8 Å². The number of hydrogen-bond donors (Lipinski definition) is 6. The molecule has 0 aromatic heterocycles. The molecule has 3 rings (SSSR count). The zero-order chi connectivity index (χ0) is 30.0. The van der Waals surface area contributed by atoms with Crippen molar-refractivity contribution in [2.45, 2.75) is 40.7 Å². The van der Waals surface area contributed by atoms with Crippen molar-refractivity contribution in [2.24, 2.45) is 10.4 Å². The van der Waals surface area contributed by atoms with Crippen LogP contribution in [0.25, 0.3) is 0 Å². The largest absolute Gasteiger partial charge is 0.457 e. The van der Waals surface area contributed by atoms with Crippen LogP contribution >= 0.6 is 0 Å². The number of halogens is 1. The molecule has 2 amide bonds. The van der Waals surface area contributed by atoms with Crippen LogP contribution in [0.15, 0.2) is 65.7 Å². The van der Waals surface area contributed by atoms with E-state index in [2.05, 4.69) is 20.9 Å². The topological polar surface area (TPSA) is 143 Å². The third kappa shape index (κ3) is 9.54. The average Bonchev–Trinajstić information content (AvgIpc) is 2.93. The molecule has 0 saturated heterocycles. The lowest BCUT2D eigenvalue weighted by Gasteiger charge is -2.21. The Balaban J connectivity index is 1.75. The first-order chi connectivity index (χ1) is 19.5. The van der Waals surface area contributed by atoms with Gasteiger partial charge in [-0.05, 0) is 60.9 Å². The Bertz CT molecular complexity index is 1410. The Morgan fingerprint density at radius 2 is 1.83 bits per heavy atom. The second-order valence-corrected chi connectivity index (χ2v) is 10.5. The first-order valence-corrected chi connectivity index (χ1v) is 13.2. The van der Waals surface area contributed by atoms with Crippen molar-refractivity contribution in [1.82, 2.24) is 10.6 Å². The number of aliphatic hydroxyl groups is 1. The Hall–Kier alpha value is -4.57. The monoisotopic (exact) mass is 560 g/mol. The Kier molecular flexibility index (Phi) is 10.7. The van der Waals surface area contributed by atoms with Gasteiger partial charge >= 0.3 is 6.03 Å². The van der Waals surface area contributed by atoms with E-state index in [4.69, 9.17) is 20.7 Å². The van der Waals surface area contributed by atoms with E-state index in [9.17, 15) is 9.18 Å². The van der Waals surface area contributed by atoms with E-state index in [1.54, 1.807) is 18.2 Å². The Labute approximate surface area is 239 Å². The molecule has 0 aliphatic heterocycles. The predicted octanol–water partition coefficient (Wildman–Crippen LogP) is 6.31. The summed E-state index contributed by atoms with van der Waals surface area (Å²) in [4.78, 5) is 17.5. The van der Waals surface area contributed by atoms with Crippen molar-refractivity contribution in [3.63, 3.8) is 0 Å². The molecule has 0 radical (unpaired) electrons. The summed E-state index contributed by atoms with van der Waals surface area (Å²) < 4.78 is 20.1. The van der Waals surface area contributed by atoms with Gasteiger partial charge in [0, 0.05) is 48.3 Å². The van der Waals surface area contributed by atoms with Crippen molar-refractivity contribution >= 4 is 35.2 Å². The summed E-state index contributed by atoms with van der Waals surface area (Å²) in [6, 6.07) is 16.0. The summed E-state index contributed by atoms with van der Waals surface area (Å²) >= 11 is 0. The van der Waals surface area contributed by atoms with E-state index in [-0.39, 0.29) is 19.6 Å². The molecule has 216 valence electrons. The number of aryl methyl sites for hydroxylation is 1. The van der Waals surface area contributed by atoms with Gasteiger partial charge in [0.2, 0.25) is 0 Å². The summed E-state index contributed by atoms with van der Waals surface area (Å²) in [7, 11) is 0. The highest BCUT2D eigenvalue weighted by molar-refractivity contribution is 6.09. The second kappa shape index (κ2) is 14.2. The Morgan fingerprint density at radius 1 is 1.10 bits per heavy atom. The number of carbonyl (C=O) groups excluding carboxylic acids is 1. The third-order valence-corrected chi connectivity index (χ3v) is 6.10. The molecule has 0 bridgehead atoms. The molecule has 9 nitrogen and oxygen atoms in total. The van der Waals surface area contributed by atoms with E-state index < -0.39 is 17.3 Å². The average molecular weight is 561 g/mol. The highest BCUT2D eigenvalue weighted by atomic mass is 19.1. The van der Waals surface area contributed by atoms with Crippen molar-refractivity contribution < 1.29 is 19.0 Å². The maximum absolute atomic E-state index is 14.2. The normalized spacial score (nSPS) is 11.5. The van der Waals surface area contributed by atoms with E-state index in [0.717, 1.165) is 5.56 Å². The van der Waals surface area contributed by atoms with Gasteiger partial charge in [0.25, 0.3) is 0 Å². The van der Waals surface area contributed by atoms with Crippen LogP contribution in [0.3, 0.4) is 0 Å². The van der Waals surface area contributed by atoms with Gasteiger partial charge in [0.1, 0.15) is 23.2 Å². The van der Waals surface area contributed by atoms with E-state index >= 15 is 0 Å². The fourth-order valence-electron chi connectivity index (χ4n) is 3.66. The summed E-state index contributed by atoms with van der Waals surface area (Å²) in [6.45, 7) is 8.00. The van der Waals surface area contributed by atoms with Crippen molar-refractivity contribution in [2.75, 3.05) is 18.5 Å². The van der Waals surface area contributed by atoms with E-state index in [1.807, 2.05) is 52.0 Å². The molecule has 0 atom stereocenters. The van der Waals surface area contributed by atoms with Crippen LogP contribution in [-0.4, -0.2) is 42.1 Å². The number of nitrogens with zero attached hydrogens (tertiary/aromatic N) is 1. The molecular formula is C31H37FN6O3. The molecule has 0 aliphatic carbocycles. The van der Waals surface area contributed by atoms with Crippen LogP contribution in [0.4, 0.5) is 20.6 Å². The molecule has 0 saturated carbocycles. The highest BCUT2D eigenvalue weighted by Crippen LogP contribution is 2.29. The van der Waals surface area contributed by atoms with Gasteiger partial charge in [-0.15, -0.1) is 0 Å². The van der Waals surface area contributed by atoms with Gasteiger partial charge in [0.05, 0.1) is 12.3 Å². The highest BCUT2D eigenvalue weighted by Gasteiger charge is 2.20. The SMILES string of the molecule is Cc1ccc(N=C(CC(=N)C(C)(C)C)NC(=O)NCc2cc(F)ccc2Oc2ccc(NCCO)c(C=N)c2)cc1. The molecule has 41 heavy (non-hydrogen) atoms. The Morgan fingerprint density at radius 3 is 2.49 bits per heavy atom. The third-order valence-electron chi connectivity index (χ3n) is 6.10. The molecule has 0 fully saturated rings. The zero-order valence-electron chi connectivity index (χ0n) is 23.8. The van der Waals surface area contributed by atoms with Gasteiger partial charge in [0.15, 0.2) is 0 Å². The number of ether oxygens (including phenoxy) is 1. The summed E-state index contributed by atoms with van der Waals surface area (Å²) in [5.74, 6) is 0.583. The maximum Gasteiger partial charge on any atom is 0.320 e. The fraction of sp³-hybridized carbons (Fsp3) is 0.290. The van der Waals surface area contributed by atoms with Crippen LogP contribution in [-0.2, 0) is 6.54 Å². The van der Waals surface area contributed by atoms with Gasteiger partial charge in [-0.2, -0.15) is 0 Å². The van der Waals surface area contributed by atoms with Gasteiger partial charge in [-0.3, -0.25) is 5.32 Å². The molecule has 3 aromatic rings. The first-order valence-electron chi connectivity index (χ1n) is 13.2. The van der Waals surface area contributed by atoms with Crippen LogP contribution in [0, 0.1) is 29.0 Å². The number of aliphatic imine (C=N–C) groups is 1. The molecule has 3 aromatic carbocycles. The number of aliphatic hydroxyl groups excluding tert-OH is 1. The molecular weight excluding hydrogens is 523 g/mol. The predicted molar refractivity (Wildman–Crippen MR) is 162 cm³/mol. The fourth-order valence-corrected chi connectivity index (χ4v) is 3.66. The van der Waals surface area contributed by atoms with Gasteiger partial charge < -0.3 is 31.3 Å². The lowest BCUT2D eigenvalue weighted by Crippen LogP contribution is -2.41. The number of anilines is 1. The molecule has 10 heteroatoms. The number of nitrogens with one attached hydrogen (secondary N) is 5. The number of benzene rings is 3. The first kappa shape index (κ1) is 31.0. The zero-order valence-corrected chi connectivity index (χ0v) is 23.8. The summed E-state index contributed by atoms with van der Waals surface area (Å²) in [5, 5.41) is 33.7. The van der Waals surface area contributed by atoms with Crippen molar-refractivity contribution in [3.8, 4) is 11.5 Å². The molecule has 6 N–H and O–H groups in total. The molecule has 0 unspecified atom stereocenters. The lowest BCUT2D eigenvalue weighted by atomic mass is 9.88. The summed E-state index contributed by atoms with van der Waals surface area (Å²) in [6.07, 6.45) is 1.32. The molecule has 0 aliphatic rings. The quantitative estimate of drug-likeness (QED) is 0.121. The minimum Gasteiger partial charge on any atom is -0.457 e.